The van der Waals surface area contributed by atoms with E-state index >= 15 is 0 Å². The fourth-order valence-electron chi connectivity index (χ4n) is 1.36. The Hall–Kier alpha value is -1.36. The Labute approximate surface area is 94.7 Å². The van der Waals surface area contributed by atoms with Gasteiger partial charge in [-0.15, -0.1) is 0 Å². The van der Waals surface area contributed by atoms with Crippen LogP contribution in [0.5, 0.6) is 0 Å². The van der Waals surface area contributed by atoms with Gasteiger partial charge < -0.3 is 9.84 Å². The Morgan fingerprint density at radius 3 is 2.56 bits per heavy atom. The first-order valence-corrected chi connectivity index (χ1v) is 5.14. The van der Waals surface area contributed by atoms with Gasteiger partial charge in [-0.3, -0.25) is 9.69 Å². The molecule has 5 heteroatoms. The maximum absolute atomic E-state index is 11.7. The molecular formula is C11H17NO4. The number of aliphatic hydroxyl groups excluding tert-OH is 1. The minimum atomic E-state index is -1.11. The van der Waals surface area contributed by atoms with Crippen LogP contribution in [0.3, 0.4) is 0 Å². The molecule has 0 aromatic rings. The zero-order chi connectivity index (χ0) is 12.5. The van der Waals surface area contributed by atoms with Gasteiger partial charge in [-0.1, -0.05) is 0 Å². The molecule has 16 heavy (non-hydrogen) atoms. The van der Waals surface area contributed by atoms with Gasteiger partial charge in [-0.25, -0.2) is 4.79 Å². The zero-order valence-corrected chi connectivity index (χ0v) is 9.93. The second kappa shape index (κ2) is 4.25. The lowest BCUT2D eigenvalue weighted by Gasteiger charge is -2.34. The van der Waals surface area contributed by atoms with Crippen molar-refractivity contribution in [1.29, 1.82) is 0 Å². The molecule has 1 heterocycles. The molecule has 0 fully saturated rings. The number of nitrogens with zero attached hydrogens (tertiary/aromatic N) is 1. The van der Waals surface area contributed by atoms with Crippen LogP contribution in [-0.2, 0) is 9.53 Å². The summed E-state index contributed by atoms with van der Waals surface area (Å²) in [5.74, 6) is -0.226. The first-order valence-electron chi connectivity index (χ1n) is 5.14. The molecule has 0 saturated heterocycles. The minimum Gasteiger partial charge on any atom is -0.444 e. The highest BCUT2D eigenvalue weighted by molar-refractivity contribution is 5.97. The van der Waals surface area contributed by atoms with E-state index in [4.69, 9.17) is 4.74 Å². The van der Waals surface area contributed by atoms with Gasteiger partial charge in [0.25, 0.3) is 0 Å². The van der Waals surface area contributed by atoms with E-state index < -0.39 is 24.0 Å². The van der Waals surface area contributed by atoms with Crippen LogP contribution in [0.2, 0.25) is 0 Å². The van der Waals surface area contributed by atoms with Gasteiger partial charge in [0.1, 0.15) is 5.60 Å². The van der Waals surface area contributed by atoms with Gasteiger partial charge in [-0.2, -0.15) is 0 Å². The number of carbonyl (C=O) groups excluding carboxylic acids is 2. The standard InChI is InChI=1S/C11H17NO4/c1-7-8(13)5-6-9(14)12(7)10(15)16-11(2,3)4/h5-7,9,14H,1-4H3. The Balaban J connectivity index is 2.82. The average Bonchev–Trinajstić information content (AvgIpc) is 2.09. The highest BCUT2D eigenvalue weighted by Gasteiger charge is 2.35. The number of aliphatic hydroxyl groups is 1. The van der Waals surface area contributed by atoms with Crippen molar-refractivity contribution in [3.63, 3.8) is 0 Å². The van der Waals surface area contributed by atoms with E-state index in [1.54, 1.807) is 27.7 Å². The van der Waals surface area contributed by atoms with Crippen LogP contribution in [-0.4, -0.2) is 39.8 Å². The molecule has 0 aliphatic carbocycles. The van der Waals surface area contributed by atoms with E-state index in [2.05, 4.69) is 0 Å². The number of carbonyl (C=O) groups is 2. The van der Waals surface area contributed by atoms with Crippen molar-refractivity contribution < 1.29 is 19.4 Å². The quantitative estimate of drug-likeness (QED) is 0.672. The molecule has 0 aromatic heterocycles. The minimum absolute atomic E-state index is 0.226. The lowest BCUT2D eigenvalue weighted by Crippen LogP contribution is -2.52. The molecule has 5 nitrogen and oxygen atoms in total. The van der Waals surface area contributed by atoms with E-state index in [0.29, 0.717) is 0 Å². The molecule has 0 spiro atoms. The molecule has 0 aromatic carbocycles. The fourth-order valence-corrected chi connectivity index (χ4v) is 1.36. The van der Waals surface area contributed by atoms with Gasteiger partial charge in [0, 0.05) is 0 Å². The summed E-state index contributed by atoms with van der Waals surface area (Å²) in [7, 11) is 0. The lowest BCUT2D eigenvalue weighted by atomic mass is 10.1. The van der Waals surface area contributed by atoms with Crippen LogP contribution in [0.15, 0.2) is 12.2 Å². The number of rotatable bonds is 0. The van der Waals surface area contributed by atoms with E-state index in [9.17, 15) is 14.7 Å². The summed E-state index contributed by atoms with van der Waals surface area (Å²) in [6.07, 6.45) is 0.746. The van der Waals surface area contributed by atoms with Crippen molar-refractivity contribution in [2.45, 2.75) is 45.6 Å². The monoisotopic (exact) mass is 227 g/mol. The van der Waals surface area contributed by atoms with Gasteiger partial charge in [0.2, 0.25) is 0 Å². The number of hydrogen-bond donors (Lipinski definition) is 1. The summed E-state index contributed by atoms with van der Waals surface area (Å²) < 4.78 is 5.11. The molecule has 1 rings (SSSR count). The molecule has 1 amide bonds. The van der Waals surface area contributed by atoms with Crippen molar-refractivity contribution in [2.24, 2.45) is 0 Å². The third kappa shape index (κ3) is 2.82. The topological polar surface area (TPSA) is 66.8 Å². The largest absolute Gasteiger partial charge is 0.444 e. The summed E-state index contributed by atoms with van der Waals surface area (Å²) in [6.45, 7) is 6.73. The van der Waals surface area contributed by atoms with Crippen molar-refractivity contribution in [1.82, 2.24) is 4.90 Å². The molecule has 0 saturated carbocycles. The molecule has 2 atom stereocenters. The van der Waals surface area contributed by atoms with Gasteiger partial charge in [0.15, 0.2) is 12.0 Å². The van der Waals surface area contributed by atoms with Gasteiger partial charge >= 0.3 is 6.09 Å². The first-order chi connectivity index (χ1) is 7.22. The second-order valence-corrected chi connectivity index (χ2v) is 4.74. The molecule has 0 bridgehead atoms. The third-order valence-electron chi connectivity index (χ3n) is 2.15. The molecule has 1 N–H and O–H groups in total. The molecule has 2 unspecified atom stereocenters. The van der Waals surface area contributed by atoms with Gasteiger partial charge in [-0.05, 0) is 39.8 Å². The van der Waals surface area contributed by atoms with Crippen LogP contribution in [0.25, 0.3) is 0 Å². The van der Waals surface area contributed by atoms with Crippen LogP contribution in [0, 0.1) is 0 Å². The zero-order valence-electron chi connectivity index (χ0n) is 9.93. The molecular weight excluding hydrogens is 210 g/mol. The third-order valence-corrected chi connectivity index (χ3v) is 2.15. The van der Waals surface area contributed by atoms with Crippen LogP contribution in [0.1, 0.15) is 27.7 Å². The fraction of sp³-hybridized carbons (Fsp3) is 0.636. The number of hydrogen-bond acceptors (Lipinski definition) is 4. The first kappa shape index (κ1) is 12.7. The van der Waals surface area contributed by atoms with Crippen LogP contribution < -0.4 is 0 Å². The van der Waals surface area contributed by atoms with E-state index in [1.165, 1.54) is 12.2 Å². The molecule has 1 aliphatic rings. The van der Waals surface area contributed by atoms with Crippen molar-refractivity contribution >= 4 is 11.9 Å². The summed E-state index contributed by atoms with van der Waals surface area (Å²) >= 11 is 0. The van der Waals surface area contributed by atoms with Crippen LogP contribution in [0.4, 0.5) is 4.79 Å². The predicted octanol–water partition coefficient (Wildman–Crippen LogP) is 1.07. The predicted molar refractivity (Wildman–Crippen MR) is 57.7 cm³/mol. The average molecular weight is 227 g/mol. The lowest BCUT2D eigenvalue weighted by molar-refractivity contribution is -0.123. The van der Waals surface area contributed by atoms with Crippen molar-refractivity contribution in [3.05, 3.63) is 12.2 Å². The van der Waals surface area contributed by atoms with E-state index in [-0.39, 0.29) is 5.78 Å². The molecule has 90 valence electrons. The van der Waals surface area contributed by atoms with Gasteiger partial charge in [0.05, 0.1) is 6.04 Å². The van der Waals surface area contributed by atoms with E-state index in [0.717, 1.165) is 4.90 Å². The molecule has 1 aliphatic heterocycles. The summed E-state index contributed by atoms with van der Waals surface area (Å²) in [5, 5.41) is 9.61. The van der Waals surface area contributed by atoms with E-state index in [1.807, 2.05) is 0 Å². The maximum atomic E-state index is 11.7. The number of ketones is 1. The highest BCUT2D eigenvalue weighted by atomic mass is 16.6. The maximum Gasteiger partial charge on any atom is 0.413 e. The Morgan fingerprint density at radius 1 is 1.50 bits per heavy atom. The summed E-state index contributed by atoms with van der Waals surface area (Å²) in [6, 6.07) is -0.699. The SMILES string of the molecule is CC1C(=O)C=CC(O)N1C(=O)OC(C)(C)C. The smallest absolute Gasteiger partial charge is 0.413 e. The highest BCUT2D eigenvalue weighted by Crippen LogP contribution is 2.17. The summed E-state index contributed by atoms with van der Waals surface area (Å²) in [4.78, 5) is 24.1. The summed E-state index contributed by atoms with van der Waals surface area (Å²) in [5.41, 5.74) is -0.652. The molecule has 0 radical (unpaired) electrons. The Kier molecular flexibility index (Phi) is 3.38. The Bertz CT molecular complexity index is 329. The van der Waals surface area contributed by atoms with Crippen molar-refractivity contribution in [2.75, 3.05) is 0 Å². The number of ether oxygens (including phenoxy) is 1. The van der Waals surface area contributed by atoms with Crippen LogP contribution >= 0.6 is 0 Å². The normalized spacial score (nSPS) is 25.8. The Morgan fingerprint density at radius 2 is 2.06 bits per heavy atom. The van der Waals surface area contributed by atoms with Crippen molar-refractivity contribution in [3.8, 4) is 0 Å². The number of amides is 1. The second-order valence-electron chi connectivity index (χ2n) is 4.74.